The zero-order valence-corrected chi connectivity index (χ0v) is 28.3. The Hall–Kier alpha value is -2.85. The number of amides is 2. The number of phenols is 1. The Kier molecular flexibility index (Phi) is 18.7. The van der Waals surface area contributed by atoms with E-state index in [-0.39, 0.29) is 49.2 Å². The standard InChI is InChI=1S/C36H50N4O4.2ClH/c41-27-30-25-29(17-18-34(30)42)35(43)26-37-21-11-4-2-1-3-5-12-22-40-23-19-31(20-24-40)38-36(44)39-33-16-10-9-15-32(33)28-13-7-6-8-14-28;;/h6-10,13-18,25,31,35,37,41-43H,1-5,11-12,19-24,26-27H2,(H2,38,39,44);2*1H. The number of benzene rings is 3. The Bertz CT molecular complexity index is 1280. The van der Waals surface area contributed by atoms with Gasteiger partial charge in [0.15, 0.2) is 0 Å². The predicted octanol–water partition coefficient (Wildman–Crippen LogP) is 7.03. The van der Waals surface area contributed by atoms with Gasteiger partial charge in [0.05, 0.1) is 18.4 Å². The van der Waals surface area contributed by atoms with Crippen molar-refractivity contribution in [1.29, 1.82) is 0 Å². The molecule has 3 aromatic rings. The van der Waals surface area contributed by atoms with Gasteiger partial charge in [-0.3, -0.25) is 0 Å². The van der Waals surface area contributed by atoms with Gasteiger partial charge in [-0.25, -0.2) is 4.79 Å². The maximum Gasteiger partial charge on any atom is 0.319 e. The van der Waals surface area contributed by atoms with Gasteiger partial charge in [-0.05, 0) is 68.1 Å². The third kappa shape index (κ3) is 13.1. The number of aliphatic hydroxyl groups is 2. The van der Waals surface area contributed by atoms with Crippen LogP contribution in [0, 0.1) is 0 Å². The number of halogens is 2. The van der Waals surface area contributed by atoms with E-state index in [2.05, 4.69) is 33.0 Å². The average Bonchev–Trinajstić information content (AvgIpc) is 3.05. The molecule has 10 heteroatoms. The summed E-state index contributed by atoms with van der Waals surface area (Å²) in [5.41, 5.74) is 4.06. The molecule has 0 spiro atoms. The second-order valence-electron chi connectivity index (χ2n) is 11.9. The first-order valence-electron chi connectivity index (χ1n) is 16.3. The van der Waals surface area contributed by atoms with E-state index >= 15 is 0 Å². The number of urea groups is 1. The van der Waals surface area contributed by atoms with Crippen LogP contribution in [0.2, 0.25) is 0 Å². The second-order valence-corrected chi connectivity index (χ2v) is 11.9. The zero-order chi connectivity index (χ0) is 31.0. The van der Waals surface area contributed by atoms with Crippen molar-refractivity contribution in [3.8, 4) is 16.9 Å². The normalized spacial score (nSPS) is 14.1. The number of anilines is 1. The monoisotopic (exact) mass is 674 g/mol. The minimum atomic E-state index is -0.657. The third-order valence-electron chi connectivity index (χ3n) is 8.51. The van der Waals surface area contributed by atoms with Crippen molar-refractivity contribution in [2.75, 3.05) is 38.0 Å². The van der Waals surface area contributed by atoms with E-state index < -0.39 is 6.10 Å². The van der Waals surface area contributed by atoms with E-state index in [1.165, 1.54) is 44.6 Å². The topological polar surface area (TPSA) is 117 Å². The van der Waals surface area contributed by atoms with Gasteiger partial charge in [-0.2, -0.15) is 0 Å². The molecule has 0 saturated carbocycles. The molecule has 1 atom stereocenters. The number of carbonyl (C=O) groups excluding carboxylic acids is 1. The minimum Gasteiger partial charge on any atom is -0.508 e. The molecule has 254 valence electrons. The number of hydrogen-bond donors (Lipinski definition) is 6. The SMILES string of the molecule is Cl.Cl.O=C(Nc1ccccc1-c1ccccc1)NC1CCN(CCCCCCCCCNCC(O)c2ccc(O)c(CO)c2)CC1. The van der Waals surface area contributed by atoms with Crippen LogP contribution >= 0.6 is 24.8 Å². The Balaban J connectivity index is 0.00000368. The number of carbonyl (C=O) groups is 1. The molecule has 8 nitrogen and oxygen atoms in total. The summed E-state index contributed by atoms with van der Waals surface area (Å²) in [5, 5.41) is 38.8. The van der Waals surface area contributed by atoms with Crippen molar-refractivity contribution in [3.05, 3.63) is 83.9 Å². The summed E-state index contributed by atoms with van der Waals surface area (Å²) in [7, 11) is 0. The van der Waals surface area contributed by atoms with Gasteiger partial charge in [-0.1, -0.05) is 86.7 Å². The number of unbranched alkanes of at least 4 members (excludes halogenated alkanes) is 6. The summed E-state index contributed by atoms with van der Waals surface area (Å²) in [4.78, 5) is 15.3. The predicted molar refractivity (Wildman–Crippen MR) is 192 cm³/mol. The molecule has 1 unspecified atom stereocenters. The Labute approximate surface area is 286 Å². The van der Waals surface area contributed by atoms with Gasteiger partial charge in [-0.15, -0.1) is 24.8 Å². The highest BCUT2D eigenvalue weighted by molar-refractivity contribution is 5.94. The summed E-state index contributed by atoms with van der Waals surface area (Å²) in [5.74, 6) is 0.0502. The second kappa shape index (κ2) is 21.9. The van der Waals surface area contributed by atoms with Crippen LogP contribution in [-0.2, 0) is 6.61 Å². The molecule has 1 aliphatic rings. The molecule has 46 heavy (non-hydrogen) atoms. The van der Waals surface area contributed by atoms with Gasteiger partial charge in [0.2, 0.25) is 0 Å². The van der Waals surface area contributed by atoms with Crippen molar-refractivity contribution in [3.63, 3.8) is 0 Å². The van der Waals surface area contributed by atoms with E-state index in [1.807, 2.05) is 42.5 Å². The van der Waals surface area contributed by atoms with Gasteiger partial charge >= 0.3 is 6.03 Å². The average molecular weight is 676 g/mol. The smallest absolute Gasteiger partial charge is 0.319 e. The molecular formula is C36H52Cl2N4O4. The fourth-order valence-corrected chi connectivity index (χ4v) is 5.87. The van der Waals surface area contributed by atoms with E-state index in [0.717, 1.165) is 62.3 Å². The van der Waals surface area contributed by atoms with Crippen LogP contribution in [0.3, 0.4) is 0 Å². The van der Waals surface area contributed by atoms with Crippen molar-refractivity contribution in [2.24, 2.45) is 0 Å². The Morgan fingerprint density at radius 3 is 2.22 bits per heavy atom. The molecule has 1 fully saturated rings. The number of aliphatic hydroxyl groups excluding tert-OH is 2. The first-order valence-corrected chi connectivity index (χ1v) is 16.3. The highest BCUT2D eigenvalue weighted by atomic mass is 35.5. The quantitative estimate of drug-likeness (QED) is 0.0856. The van der Waals surface area contributed by atoms with E-state index in [4.69, 9.17) is 0 Å². The maximum absolute atomic E-state index is 12.8. The fraction of sp³-hybridized carbons (Fsp3) is 0.472. The van der Waals surface area contributed by atoms with Gasteiger partial charge in [0.1, 0.15) is 5.75 Å². The summed E-state index contributed by atoms with van der Waals surface area (Å²) < 4.78 is 0. The van der Waals surface area contributed by atoms with Crippen molar-refractivity contribution in [2.45, 2.75) is 76.5 Å². The number of rotatable bonds is 17. The maximum atomic E-state index is 12.8. The van der Waals surface area contributed by atoms with Crippen LogP contribution in [0.4, 0.5) is 10.5 Å². The lowest BCUT2D eigenvalue weighted by Crippen LogP contribution is -2.46. The van der Waals surface area contributed by atoms with Crippen LogP contribution in [0.5, 0.6) is 5.75 Å². The number of likely N-dealkylation sites (tertiary alicyclic amines) is 1. The van der Waals surface area contributed by atoms with E-state index in [1.54, 1.807) is 12.1 Å². The van der Waals surface area contributed by atoms with Crippen molar-refractivity contribution >= 4 is 36.5 Å². The highest BCUT2D eigenvalue weighted by Crippen LogP contribution is 2.27. The zero-order valence-electron chi connectivity index (χ0n) is 26.7. The molecule has 0 bridgehead atoms. The Morgan fingerprint density at radius 2 is 1.50 bits per heavy atom. The molecule has 1 aliphatic heterocycles. The molecule has 0 aromatic heterocycles. The number of nitrogens with one attached hydrogen (secondary N) is 3. The fourth-order valence-electron chi connectivity index (χ4n) is 5.87. The van der Waals surface area contributed by atoms with Crippen LogP contribution in [0.25, 0.3) is 11.1 Å². The summed E-state index contributed by atoms with van der Waals surface area (Å²) in [6.07, 6.45) is 9.82. The summed E-state index contributed by atoms with van der Waals surface area (Å²) in [6, 6.07) is 23.0. The van der Waals surface area contributed by atoms with Crippen LogP contribution in [0.15, 0.2) is 72.8 Å². The minimum absolute atomic E-state index is 0. The molecule has 0 radical (unpaired) electrons. The Morgan fingerprint density at radius 1 is 0.848 bits per heavy atom. The highest BCUT2D eigenvalue weighted by Gasteiger charge is 2.21. The molecule has 4 rings (SSSR count). The lowest BCUT2D eigenvalue weighted by molar-refractivity contribution is 0.174. The molecular weight excluding hydrogens is 623 g/mol. The van der Waals surface area contributed by atoms with Crippen LogP contribution in [-0.4, -0.2) is 65.0 Å². The number of hydrogen-bond acceptors (Lipinski definition) is 6. The summed E-state index contributed by atoms with van der Waals surface area (Å²) >= 11 is 0. The van der Waals surface area contributed by atoms with E-state index in [9.17, 15) is 20.1 Å². The number of para-hydroxylation sites is 1. The lowest BCUT2D eigenvalue weighted by Gasteiger charge is -2.32. The van der Waals surface area contributed by atoms with Gasteiger partial charge in [0.25, 0.3) is 0 Å². The van der Waals surface area contributed by atoms with Crippen molar-refractivity contribution < 1.29 is 20.1 Å². The first-order chi connectivity index (χ1) is 21.5. The molecule has 2 amide bonds. The first kappa shape index (κ1) is 39.3. The van der Waals surface area contributed by atoms with E-state index in [0.29, 0.717) is 17.7 Å². The number of aromatic hydroxyl groups is 1. The summed E-state index contributed by atoms with van der Waals surface area (Å²) in [6.45, 7) is 4.28. The molecule has 3 aromatic carbocycles. The van der Waals surface area contributed by atoms with Gasteiger partial charge < -0.3 is 36.2 Å². The van der Waals surface area contributed by atoms with Crippen LogP contribution < -0.4 is 16.0 Å². The molecule has 6 N–H and O–H groups in total. The van der Waals surface area contributed by atoms with Crippen LogP contribution in [0.1, 0.15) is 75.0 Å². The lowest BCUT2D eigenvalue weighted by atomic mass is 10.0. The van der Waals surface area contributed by atoms with Crippen molar-refractivity contribution in [1.82, 2.24) is 15.5 Å². The molecule has 1 heterocycles. The third-order valence-corrected chi connectivity index (χ3v) is 8.51. The number of nitrogens with zero attached hydrogens (tertiary/aromatic N) is 1. The molecule has 1 saturated heterocycles. The largest absolute Gasteiger partial charge is 0.508 e. The molecule has 0 aliphatic carbocycles. The number of piperidine rings is 1. The van der Waals surface area contributed by atoms with Gasteiger partial charge in [0, 0.05) is 36.8 Å².